The summed E-state index contributed by atoms with van der Waals surface area (Å²) in [6.45, 7) is 5.67. The number of rotatable bonds is 25. The van der Waals surface area contributed by atoms with E-state index in [1.807, 2.05) is 0 Å². The Morgan fingerprint density at radius 1 is 0.596 bits per heavy atom. The Hall–Kier alpha value is -5.54. The van der Waals surface area contributed by atoms with Gasteiger partial charge in [-0.05, 0) is 37.5 Å². The summed E-state index contributed by atoms with van der Waals surface area (Å²) in [5, 5.41) is 51.0. The standard InChI is InChI=1S/C30H52N10O12/c1-14(2)8-18(27(49)39-17(29(51)52)6-5-7-34-30(32)33)37-22(42)13-36-26(48)20(11-24(45)46)40-28(50)19(9-15(3)4)38-21(41)12-35-25(47)16(31)10-23(43)44/h14-20H,5-13,31H2,1-4H3,(H,35,47)(H,36,48)(H,37,42)(H,38,41)(H,39,49)(H,40,50)(H,43,44)(H,45,46)(H,51,52)(H4,32,33,34)/t16-,17-,18-,19-,20-/m0/s1. The van der Waals surface area contributed by atoms with Gasteiger partial charge in [-0.25, -0.2) is 4.79 Å². The predicted octanol–water partition coefficient (Wildman–Crippen LogP) is -4.13. The van der Waals surface area contributed by atoms with Gasteiger partial charge >= 0.3 is 17.9 Å². The minimum Gasteiger partial charge on any atom is -0.481 e. The monoisotopic (exact) mass is 744 g/mol. The van der Waals surface area contributed by atoms with Crippen molar-refractivity contribution in [1.82, 2.24) is 37.2 Å². The molecule has 0 aromatic heterocycles. The second kappa shape index (κ2) is 23.8. The molecule has 0 aliphatic rings. The van der Waals surface area contributed by atoms with E-state index in [9.17, 15) is 53.4 Å². The number of carboxylic acid groups (broad SMARTS) is 3. The number of hydrogen-bond donors (Lipinski definition) is 13. The molecule has 15 N–H and O–H groups in total. The molecule has 0 aromatic rings. The minimum absolute atomic E-state index is 0.0159. The van der Waals surface area contributed by atoms with Gasteiger partial charge in [0.2, 0.25) is 35.4 Å². The number of carbonyl (C=O) groups excluding carboxylic acids is 6. The first-order chi connectivity index (χ1) is 24.1. The van der Waals surface area contributed by atoms with Crippen LogP contribution in [0, 0.1) is 17.2 Å². The maximum atomic E-state index is 13.1. The Balaban J connectivity index is 5.53. The van der Waals surface area contributed by atoms with Crippen molar-refractivity contribution in [2.75, 3.05) is 19.6 Å². The van der Waals surface area contributed by atoms with E-state index in [4.69, 9.17) is 22.0 Å². The third-order valence-corrected chi connectivity index (χ3v) is 6.91. The number of nitrogens with one attached hydrogen (secondary N) is 8. The van der Waals surface area contributed by atoms with Crippen LogP contribution in [-0.2, 0) is 43.2 Å². The zero-order valence-corrected chi connectivity index (χ0v) is 29.6. The van der Waals surface area contributed by atoms with Gasteiger partial charge in [0.05, 0.1) is 32.0 Å². The van der Waals surface area contributed by atoms with Gasteiger partial charge in [0.1, 0.15) is 24.2 Å². The summed E-state index contributed by atoms with van der Waals surface area (Å²) in [7, 11) is 0. The van der Waals surface area contributed by atoms with Crippen LogP contribution in [0.5, 0.6) is 0 Å². The first-order valence-electron chi connectivity index (χ1n) is 16.4. The molecule has 0 rings (SSSR count). The summed E-state index contributed by atoms with van der Waals surface area (Å²) in [6.07, 6.45) is -1.28. The molecule has 0 saturated carbocycles. The number of carbonyl (C=O) groups is 9. The Bertz CT molecular complexity index is 1310. The fourth-order valence-electron chi connectivity index (χ4n) is 4.48. The molecule has 0 aromatic carbocycles. The minimum atomic E-state index is -1.72. The van der Waals surface area contributed by atoms with Crippen LogP contribution in [0.4, 0.5) is 0 Å². The van der Waals surface area contributed by atoms with Gasteiger partial charge in [-0.2, -0.15) is 0 Å². The Morgan fingerprint density at radius 2 is 1.04 bits per heavy atom. The lowest BCUT2D eigenvalue weighted by Crippen LogP contribution is -2.57. The van der Waals surface area contributed by atoms with Crippen molar-refractivity contribution < 1.29 is 58.5 Å². The summed E-state index contributed by atoms with van der Waals surface area (Å²) in [6, 6.07) is -6.99. The highest BCUT2D eigenvalue weighted by atomic mass is 16.4. The van der Waals surface area contributed by atoms with Crippen LogP contribution in [0.2, 0.25) is 0 Å². The molecule has 294 valence electrons. The molecular formula is C30H52N10O12. The third kappa shape index (κ3) is 20.9. The lowest BCUT2D eigenvalue weighted by molar-refractivity contribution is -0.142. The summed E-state index contributed by atoms with van der Waals surface area (Å²) in [5.41, 5.74) is 10.6. The number of aliphatic carboxylic acids is 3. The van der Waals surface area contributed by atoms with Gasteiger partial charge in [-0.3, -0.25) is 43.8 Å². The van der Waals surface area contributed by atoms with E-state index in [0.29, 0.717) is 0 Å². The summed E-state index contributed by atoms with van der Waals surface area (Å²) in [5.74, 6) is -10.3. The molecular weight excluding hydrogens is 692 g/mol. The lowest BCUT2D eigenvalue weighted by atomic mass is 10.0. The molecule has 5 atom stereocenters. The fourth-order valence-corrected chi connectivity index (χ4v) is 4.48. The van der Waals surface area contributed by atoms with E-state index in [1.165, 1.54) is 0 Å². The molecule has 6 amide bonds. The van der Waals surface area contributed by atoms with E-state index in [-0.39, 0.29) is 50.0 Å². The lowest BCUT2D eigenvalue weighted by Gasteiger charge is -2.24. The van der Waals surface area contributed by atoms with E-state index >= 15 is 0 Å². The maximum absolute atomic E-state index is 13.1. The first-order valence-corrected chi connectivity index (χ1v) is 16.4. The Kier molecular flexibility index (Phi) is 21.3. The van der Waals surface area contributed by atoms with Crippen LogP contribution in [0.3, 0.4) is 0 Å². The first kappa shape index (κ1) is 46.5. The molecule has 0 fully saturated rings. The van der Waals surface area contributed by atoms with Crippen molar-refractivity contribution >= 4 is 59.3 Å². The highest BCUT2D eigenvalue weighted by molar-refractivity contribution is 5.96. The van der Waals surface area contributed by atoms with Crippen molar-refractivity contribution in [2.24, 2.45) is 23.3 Å². The Morgan fingerprint density at radius 3 is 1.44 bits per heavy atom. The smallest absolute Gasteiger partial charge is 0.326 e. The summed E-state index contributed by atoms with van der Waals surface area (Å²) < 4.78 is 0. The number of guanidine groups is 1. The van der Waals surface area contributed by atoms with Gasteiger partial charge in [0.25, 0.3) is 0 Å². The molecule has 22 heteroatoms. The Labute approximate surface area is 299 Å². The molecule has 0 aliphatic carbocycles. The molecule has 0 spiro atoms. The second-order valence-electron chi connectivity index (χ2n) is 12.7. The van der Waals surface area contributed by atoms with Crippen LogP contribution >= 0.6 is 0 Å². The highest BCUT2D eigenvalue weighted by Crippen LogP contribution is 2.08. The highest BCUT2D eigenvalue weighted by Gasteiger charge is 2.31. The van der Waals surface area contributed by atoms with Crippen LogP contribution in [0.25, 0.3) is 0 Å². The second-order valence-corrected chi connectivity index (χ2v) is 12.7. The van der Waals surface area contributed by atoms with Crippen LogP contribution < -0.4 is 48.7 Å². The van der Waals surface area contributed by atoms with E-state index in [2.05, 4.69) is 37.2 Å². The third-order valence-electron chi connectivity index (χ3n) is 6.91. The average molecular weight is 745 g/mol. The number of carboxylic acids is 3. The molecule has 0 aliphatic heterocycles. The molecule has 22 nitrogen and oxygen atoms in total. The van der Waals surface area contributed by atoms with Gasteiger partial charge < -0.3 is 64.0 Å². The quantitative estimate of drug-likeness (QED) is 0.0240. The average Bonchev–Trinajstić information content (AvgIpc) is 3.01. The molecule has 0 bridgehead atoms. The van der Waals surface area contributed by atoms with Crippen molar-refractivity contribution in [1.29, 1.82) is 5.41 Å². The van der Waals surface area contributed by atoms with Crippen molar-refractivity contribution in [2.45, 2.75) is 96.4 Å². The van der Waals surface area contributed by atoms with E-state index in [0.717, 1.165) is 0 Å². The zero-order valence-electron chi connectivity index (χ0n) is 29.6. The maximum Gasteiger partial charge on any atom is 0.326 e. The number of hydrogen-bond acceptors (Lipinski definition) is 11. The van der Waals surface area contributed by atoms with Crippen molar-refractivity contribution in [3.8, 4) is 0 Å². The van der Waals surface area contributed by atoms with Gasteiger partial charge in [0, 0.05) is 6.54 Å². The van der Waals surface area contributed by atoms with Gasteiger partial charge in [0.15, 0.2) is 5.96 Å². The van der Waals surface area contributed by atoms with Gasteiger partial charge in [-0.1, -0.05) is 27.7 Å². The zero-order chi connectivity index (χ0) is 40.1. The molecule has 52 heavy (non-hydrogen) atoms. The van der Waals surface area contributed by atoms with Crippen LogP contribution in [0.15, 0.2) is 0 Å². The van der Waals surface area contributed by atoms with E-state index in [1.54, 1.807) is 27.7 Å². The normalized spacial score (nSPS) is 13.7. The fraction of sp³-hybridized carbons (Fsp3) is 0.667. The number of nitrogens with two attached hydrogens (primary N) is 2. The summed E-state index contributed by atoms with van der Waals surface area (Å²) in [4.78, 5) is 110. The topological polar surface area (TPSA) is 374 Å². The van der Waals surface area contributed by atoms with Crippen molar-refractivity contribution in [3.63, 3.8) is 0 Å². The van der Waals surface area contributed by atoms with E-state index < -0.39 is 109 Å². The molecule has 0 heterocycles. The molecule has 0 radical (unpaired) electrons. The summed E-state index contributed by atoms with van der Waals surface area (Å²) >= 11 is 0. The van der Waals surface area contributed by atoms with Crippen LogP contribution in [0.1, 0.15) is 66.2 Å². The molecule has 0 unspecified atom stereocenters. The van der Waals surface area contributed by atoms with Gasteiger partial charge in [-0.15, -0.1) is 0 Å². The largest absolute Gasteiger partial charge is 0.481 e. The predicted molar refractivity (Wildman–Crippen MR) is 182 cm³/mol. The molecule has 0 saturated heterocycles. The number of amides is 6. The van der Waals surface area contributed by atoms with Crippen molar-refractivity contribution in [3.05, 3.63) is 0 Å². The SMILES string of the molecule is CC(C)C[C@H](NC(=O)CNC(=O)[C@H](CC(=O)O)NC(=O)[C@H](CC(C)C)NC(=O)CNC(=O)[C@@H](N)CC(=O)O)C(=O)N[C@@H](CCCNC(=N)N)C(=O)O. The van der Waals surface area contributed by atoms with Crippen LogP contribution in [-0.4, -0.2) is 124 Å².